The molecule has 2 rings (SSSR count). The van der Waals surface area contributed by atoms with Gasteiger partial charge in [-0.2, -0.15) is 5.10 Å². The summed E-state index contributed by atoms with van der Waals surface area (Å²) >= 11 is 0. The van der Waals surface area contributed by atoms with Crippen LogP contribution in [0.5, 0.6) is 0 Å². The highest BCUT2D eigenvalue weighted by Crippen LogP contribution is 2.21. The Kier molecular flexibility index (Phi) is 2.46. The van der Waals surface area contributed by atoms with Gasteiger partial charge in [0.1, 0.15) is 0 Å². The van der Waals surface area contributed by atoms with Crippen molar-refractivity contribution in [3.8, 4) is 0 Å². The van der Waals surface area contributed by atoms with E-state index in [1.54, 1.807) is 0 Å². The van der Waals surface area contributed by atoms with Gasteiger partial charge >= 0.3 is 0 Å². The number of rotatable bonds is 1. The van der Waals surface area contributed by atoms with Gasteiger partial charge in [-0.15, -0.1) is 0 Å². The number of anilines is 1. The second-order valence-corrected chi connectivity index (χ2v) is 4.17. The van der Waals surface area contributed by atoms with E-state index in [-0.39, 0.29) is 0 Å². The van der Waals surface area contributed by atoms with Gasteiger partial charge in [-0.05, 0) is 19.8 Å². The number of hydrogen-bond acceptors (Lipinski definition) is 3. The monoisotopic (exact) mass is 194 g/mol. The Morgan fingerprint density at radius 1 is 1.57 bits per heavy atom. The predicted molar refractivity (Wildman–Crippen MR) is 57.2 cm³/mol. The van der Waals surface area contributed by atoms with Crippen LogP contribution in [0.1, 0.15) is 19.8 Å². The van der Waals surface area contributed by atoms with E-state index in [1.165, 1.54) is 0 Å². The van der Waals surface area contributed by atoms with Gasteiger partial charge in [-0.25, -0.2) is 0 Å². The molecule has 1 aliphatic rings. The molecule has 2 N–H and O–H groups in total. The van der Waals surface area contributed by atoms with Crippen LogP contribution < -0.4 is 10.6 Å². The molecule has 0 aliphatic carbocycles. The van der Waals surface area contributed by atoms with E-state index >= 15 is 0 Å². The molecule has 0 spiro atoms. The first-order valence-electron chi connectivity index (χ1n) is 5.18. The lowest BCUT2D eigenvalue weighted by Gasteiger charge is -2.36. The van der Waals surface area contributed by atoms with Gasteiger partial charge in [-0.3, -0.25) is 4.68 Å². The lowest BCUT2D eigenvalue weighted by atomic mass is 9.99. The number of aromatic nitrogens is 2. The summed E-state index contributed by atoms with van der Waals surface area (Å²) in [6.07, 6.45) is 4.12. The summed E-state index contributed by atoms with van der Waals surface area (Å²) in [6, 6.07) is 2.94. The summed E-state index contributed by atoms with van der Waals surface area (Å²) in [6.45, 7) is 3.24. The molecule has 1 aliphatic heterocycles. The number of piperidine rings is 1. The standard InChI is InChI=1S/C10H18N4/c1-8-7-9(11)3-6-14(8)10-4-5-13(2)12-10/h4-5,8-9H,3,6-7,11H2,1-2H3. The highest BCUT2D eigenvalue weighted by Gasteiger charge is 2.24. The Labute approximate surface area is 84.7 Å². The maximum absolute atomic E-state index is 5.92. The molecule has 4 heteroatoms. The zero-order valence-electron chi connectivity index (χ0n) is 8.85. The third-order valence-corrected chi connectivity index (χ3v) is 2.91. The maximum atomic E-state index is 5.92. The second-order valence-electron chi connectivity index (χ2n) is 4.17. The molecule has 1 fully saturated rings. The summed E-state index contributed by atoms with van der Waals surface area (Å²) in [5.74, 6) is 1.08. The van der Waals surface area contributed by atoms with Crippen molar-refractivity contribution in [3.05, 3.63) is 12.3 Å². The molecule has 4 nitrogen and oxygen atoms in total. The van der Waals surface area contributed by atoms with Gasteiger partial charge in [0.2, 0.25) is 0 Å². The van der Waals surface area contributed by atoms with E-state index in [0.29, 0.717) is 12.1 Å². The molecule has 0 aromatic carbocycles. The first-order chi connectivity index (χ1) is 6.66. The molecule has 2 unspecified atom stereocenters. The van der Waals surface area contributed by atoms with Crippen molar-refractivity contribution in [2.75, 3.05) is 11.4 Å². The van der Waals surface area contributed by atoms with Crippen molar-refractivity contribution in [1.82, 2.24) is 9.78 Å². The van der Waals surface area contributed by atoms with Crippen LogP contribution in [0.25, 0.3) is 0 Å². The van der Waals surface area contributed by atoms with Crippen LogP contribution in [-0.2, 0) is 7.05 Å². The summed E-state index contributed by atoms with van der Waals surface area (Å²) in [5, 5.41) is 4.41. The zero-order valence-corrected chi connectivity index (χ0v) is 8.85. The minimum atomic E-state index is 0.366. The number of aryl methyl sites for hydroxylation is 1. The molecule has 1 saturated heterocycles. The zero-order chi connectivity index (χ0) is 10.1. The lowest BCUT2D eigenvalue weighted by molar-refractivity contribution is 0.426. The first kappa shape index (κ1) is 9.52. The van der Waals surface area contributed by atoms with Crippen molar-refractivity contribution < 1.29 is 0 Å². The van der Waals surface area contributed by atoms with Crippen LogP contribution in [-0.4, -0.2) is 28.4 Å². The second kappa shape index (κ2) is 3.61. The van der Waals surface area contributed by atoms with E-state index in [4.69, 9.17) is 5.73 Å². The molecule has 78 valence electrons. The van der Waals surface area contributed by atoms with Crippen molar-refractivity contribution in [2.24, 2.45) is 12.8 Å². The van der Waals surface area contributed by atoms with Gasteiger partial charge in [0.15, 0.2) is 5.82 Å². The summed E-state index contributed by atoms with van der Waals surface area (Å²) in [5.41, 5.74) is 5.92. The van der Waals surface area contributed by atoms with Crippen molar-refractivity contribution in [1.29, 1.82) is 0 Å². The van der Waals surface area contributed by atoms with E-state index in [9.17, 15) is 0 Å². The third-order valence-electron chi connectivity index (χ3n) is 2.91. The molecular formula is C10H18N4. The molecule has 0 saturated carbocycles. The van der Waals surface area contributed by atoms with E-state index < -0.39 is 0 Å². The van der Waals surface area contributed by atoms with Crippen LogP contribution >= 0.6 is 0 Å². The molecule has 1 aromatic heterocycles. The van der Waals surface area contributed by atoms with Gasteiger partial charge < -0.3 is 10.6 Å². The fourth-order valence-electron chi connectivity index (χ4n) is 2.10. The molecule has 1 aromatic rings. The van der Waals surface area contributed by atoms with Crippen molar-refractivity contribution in [2.45, 2.75) is 31.8 Å². The predicted octanol–water partition coefficient (Wildman–Crippen LogP) is 0.736. The fourth-order valence-corrected chi connectivity index (χ4v) is 2.10. The Bertz CT molecular complexity index is 307. The molecule has 0 amide bonds. The normalized spacial score (nSPS) is 28.1. The fraction of sp³-hybridized carbons (Fsp3) is 0.700. The van der Waals surface area contributed by atoms with Crippen molar-refractivity contribution >= 4 is 5.82 Å². The average Bonchev–Trinajstić information content (AvgIpc) is 2.51. The Morgan fingerprint density at radius 2 is 2.36 bits per heavy atom. The highest BCUT2D eigenvalue weighted by molar-refractivity contribution is 5.38. The van der Waals surface area contributed by atoms with Crippen molar-refractivity contribution in [3.63, 3.8) is 0 Å². The highest BCUT2D eigenvalue weighted by atomic mass is 15.3. The van der Waals surface area contributed by atoms with Crippen LogP contribution in [0.15, 0.2) is 12.3 Å². The van der Waals surface area contributed by atoms with Crippen LogP contribution in [0, 0.1) is 0 Å². The van der Waals surface area contributed by atoms with Crippen LogP contribution in [0.3, 0.4) is 0 Å². The van der Waals surface area contributed by atoms with E-state index in [0.717, 1.165) is 25.2 Å². The largest absolute Gasteiger partial charge is 0.352 e. The molecule has 0 bridgehead atoms. The van der Waals surface area contributed by atoms with Gasteiger partial charge in [-0.1, -0.05) is 0 Å². The smallest absolute Gasteiger partial charge is 0.150 e. The SMILES string of the molecule is CC1CC(N)CCN1c1ccn(C)n1. The lowest BCUT2D eigenvalue weighted by Crippen LogP contribution is -2.45. The Morgan fingerprint density at radius 3 is 2.93 bits per heavy atom. The number of nitrogens with zero attached hydrogens (tertiary/aromatic N) is 3. The molecular weight excluding hydrogens is 176 g/mol. The first-order valence-corrected chi connectivity index (χ1v) is 5.18. The third kappa shape index (κ3) is 1.75. The molecule has 14 heavy (non-hydrogen) atoms. The average molecular weight is 194 g/mol. The van der Waals surface area contributed by atoms with E-state index in [1.807, 2.05) is 17.9 Å². The number of nitrogens with two attached hydrogens (primary N) is 1. The quantitative estimate of drug-likeness (QED) is 0.717. The van der Waals surface area contributed by atoms with E-state index in [2.05, 4.69) is 23.0 Å². The summed E-state index contributed by atoms with van der Waals surface area (Å²) in [4.78, 5) is 2.34. The van der Waals surface area contributed by atoms with Crippen LogP contribution in [0.4, 0.5) is 5.82 Å². The topological polar surface area (TPSA) is 47.1 Å². The molecule has 2 heterocycles. The van der Waals surface area contributed by atoms with Gasteiger partial charge in [0.25, 0.3) is 0 Å². The minimum absolute atomic E-state index is 0.366. The summed E-state index contributed by atoms with van der Waals surface area (Å²) < 4.78 is 1.84. The minimum Gasteiger partial charge on any atom is -0.352 e. The molecule has 0 radical (unpaired) electrons. The van der Waals surface area contributed by atoms with Crippen LogP contribution in [0.2, 0.25) is 0 Å². The van der Waals surface area contributed by atoms with Gasteiger partial charge in [0.05, 0.1) is 0 Å². The maximum Gasteiger partial charge on any atom is 0.150 e. The Balaban J connectivity index is 2.11. The summed E-state index contributed by atoms with van der Waals surface area (Å²) in [7, 11) is 1.95. The number of hydrogen-bond donors (Lipinski definition) is 1. The van der Waals surface area contributed by atoms with Gasteiger partial charge in [0, 0.05) is 37.9 Å². The Hall–Kier alpha value is -1.03. The molecule has 2 atom stereocenters.